The molecule has 0 fully saturated rings. The van der Waals surface area contributed by atoms with E-state index in [-0.39, 0.29) is 18.4 Å². The van der Waals surface area contributed by atoms with Crippen LogP contribution in [0.5, 0.6) is 5.75 Å². The van der Waals surface area contributed by atoms with E-state index in [0.717, 1.165) is 16.9 Å². The van der Waals surface area contributed by atoms with Crippen LogP contribution in [-0.2, 0) is 11.3 Å². The maximum atomic E-state index is 12.2. The summed E-state index contributed by atoms with van der Waals surface area (Å²) in [6, 6.07) is 6.05. The van der Waals surface area contributed by atoms with Crippen LogP contribution in [0.1, 0.15) is 18.1 Å². The van der Waals surface area contributed by atoms with Gasteiger partial charge >= 0.3 is 0 Å². The summed E-state index contributed by atoms with van der Waals surface area (Å²) < 4.78 is 7.02. The van der Waals surface area contributed by atoms with E-state index in [2.05, 4.69) is 21.6 Å². The lowest BCUT2D eigenvalue weighted by Crippen LogP contribution is -2.37. The fourth-order valence-corrected chi connectivity index (χ4v) is 2.30. The van der Waals surface area contributed by atoms with Crippen LogP contribution in [0.3, 0.4) is 0 Å². The summed E-state index contributed by atoms with van der Waals surface area (Å²) in [5, 5.41) is 10.6. The summed E-state index contributed by atoms with van der Waals surface area (Å²) in [5.41, 5.74) is 7.87. The molecule has 0 atom stereocenters. The second-order valence-electron chi connectivity index (χ2n) is 5.34. The van der Waals surface area contributed by atoms with E-state index < -0.39 is 0 Å². The normalized spacial score (nSPS) is 10.6. The largest absolute Gasteiger partial charge is 0.492 e. The molecule has 8 nitrogen and oxygen atoms in total. The molecule has 0 saturated carbocycles. The SMILES string of the molecule is CCN(CCOc1cc(C)cc(C)c1)C(=O)Cn1nnnc1N. The van der Waals surface area contributed by atoms with Gasteiger partial charge < -0.3 is 15.4 Å². The molecule has 1 aromatic carbocycles. The molecule has 124 valence electrons. The third-order valence-corrected chi connectivity index (χ3v) is 3.40. The van der Waals surface area contributed by atoms with Crippen LogP contribution in [0.4, 0.5) is 5.95 Å². The zero-order valence-corrected chi connectivity index (χ0v) is 13.7. The fourth-order valence-electron chi connectivity index (χ4n) is 2.30. The van der Waals surface area contributed by atoms with Crippen molar-refractivity contribution in [2.24, 2.45) is 0 Å². The number of carbonyl (C=O) groups is 1. The van der Waals surface area contributed by atoms with Crippen molar-refractivity contribution in [1.82, 2.24) is 25.1 Å². The van der Waals surface area contributed by atoms with Crippen molar-refractivity contribution in [2.45, 2.75) is 27.3 Å². The number of aromatic nitrogens is 4. The van der Waals surface area contributed by atoms with E-state index in [1.165, 1.54) is 4.68 Å². The Balaban J connectivity index is 1.87. The van der Waals surface area contributed by atoms with Gasteiger partial charge in [-0.15, -0.1) is 0 Å². The van der Waals surface area contributed by atoms with Crippen molar-refractivity contribution in [3.05, 3.63) is 29.3 Å². The van der Waals surface area contributed by atoms with Crippen LogP contribution in [0, 0.1) is 13.8 Å². The van der Waals surface area contributed by atoms with Gasteiger partial charge in [0.15, 0.2) is 0 Å². The minimum Gasteiger partial charge on any atom is -0.492 e. The average molecular weight is 318 g/mol. The quantitative estimate of drug-likeness (QED) is 0.810. The monoisotopic (exact) mass is 318 g/mol. The lowest BCUT2D eigenvalue weighted by Gasteiger charge is -2.21. The van der Waals surface area contributed by atoms with E-state index >= 15 is 0 Å². The Morgan fingerprint density at radius 3 is 2.57 bits per heavy atom. The number of ether oxygens (including phenoxy) is 1. The van der Waals surface area contributed by atoms with Gasteiger partial charge in [-0.3, -0.25) is 4.79 Å². The predicted molar refractivity (Wildman–Crippen MR) is 85.9 cm³/mol. The van der Waals surface area contributed by atoms with Gasteiger partial charge in [0.25, 0.3) is 0 Å². The number of likely N-dealkylation sites (N-methyl/N-ethyl adjacent to an activating group) is 1. The van der Waals surface area contributed by atoms with Crippen molar-refractivity contribution < 1.29 is 9.53 Å². The summed E-state index contributed by atoms with van der Waals surface area (Å²) >= 11 is 0. The molecule has 0 aliphatic heterocycles. The van der Waals surface area contributed by atoms with Gasteiger partial charge in [0.1, 0.15) is 18.9 Å². The Labute approximate surface area is 135 Å². The summed E-state index contributed by atoms with van der Waals surface area (Å²) in [5.74, 6) is 0.840. The molecule has 0 aliphatic rings. The highest BCUT2D eigenvalue weighted by Crippen LogP contribution is 2.16. The highest BCUT2D eigenvalue weighted by Gasteiger charge is 2.14. The maximum Gasteiger partial charge on any atom is 0.244 e. The van der Waals surface area contributed by atoms with Gasteiger partial charge in [-0.1, -0.05) is 11.2 Å². The smallest absolute Gasteiger partial charge is 0.244 e. The first-order valence-corrected chi connectivity index (χ1v) is 7.50. The second-order valence-corrected chi connectivity index (χ2v) is 5.34. The van der Waals surface area contributed by atoms with Crippen LogP contribution in [0.25, 0.3) is 0 Å². The summed E-state index contributed by atoms with van der Waals surface area (Å²) in [7, 11) is 0. The molecular formula is C15H22N6O2. The van der Waals surface area contributed by atoms with E-state index in [0.29, 0.717) is 19.7 Å². The molecule has 8 heteroatoms. The van der Waals surface area contributed by atoms with Crippen molar-refractivity contribution in [3.63, 3.8) is 0 Å². The van der Waals surface area contributed by atoms with Crippen LogP contribution >= 0.6 is 0 Å². The average Bonchev–Trinajstić information content (AvgIpc) is 2.88. The summed E-state index contributed by atoms with van der Waals surface area (Å²) in [6.07, 6.45) is 0. The first-order valence-electron chi connectivity index (χ1n) is 7.50. The highest BCUT2D eigenvalue weighted by atomic mass is 16.5. The number of amides is 1. The zero-order chi connectivity index (χ0) is 16.8. The Hall–Kier alpha value is -2.64. The number of hydrogen-bond acceptors (Lipinski definition) is 6. The minimum absolute atomic E-state index is 0.0240. The number of aryl methyl sites for hydroxylation is 2. The summed E-state index contributed by atoms with van der Waals surface area (Å²) in [4.78, 5) is 13.9. The highest BCUT2D eigenvalue weighted by molar-refractivity contribution is 5.76. The Morgan fingerprint density at radius 1 is 1.30 bits per heavy atom. The molecule has 1 aromatic heterocycles. The van der Waals surface area contributed by atoms with Crippen molar-refractivity contribution in [2.75, 3.05) is 25.4 Å². The van der Waals surface area contributed by atoms with Gasteiger partial charge in [0, 0.05) is 6.54 Å². The number of rotatable bonds is 7. The lowest BCUT2D eigenvalue weighted by atomic mass is 10.1. The minimum atomic E-state index is -0.101. The number of nitrogen functional groups attached to an aromatic ring is 1. The Kier molecular flexibility index (Phi) is 5.51. The topological polar surface area (TPSA) is 99.2 Å². The molecule has 1 heterocycles. The third kappa shape index (κ3) is 4.67. The van der Waals surface area contributed by atoms with E-state index in [9.17, 15) is 4.79 Å². The molecule has 2 rings (SSSR count). The number of nitrogens with two attached hydrogens (primary N) is 1. The van der Waals surface area contributed by atoms with Gasteiger partial charge in [0.2, 0.25) is 11.9 Å². The number of hydrogen-bond donors (Lipinski definition) is 1. The van der Waals surface area contributed by atoms with Gasteiger partial charge in [-0.25, -0.2) is 4.68 Å². The number of benzene rings is 1. The Morgan fingerprint density at radius 2 is 2.00 bits per heavy atom. The molecule has 0 spiro atoms. The van der Waals surface area contributed by atoms with E-state index in [1.807, 2.05) is 32.9 Å². The third-order valence-electron chi connectivity index (χ3n) is 3.40. The lowest BCUT2D eigenvalue weighted by molar-refractivity contribution is -0.132. The maximum absolute atomic E-state index is 12.2. The molecular weight excluding hydrogens is 296 g/mol. The van der Waals surface area contributed by atoms with Gasteiger partial charge in [-0.05, 0) is 54.5 Å². The van der Waals surface area contributed by atoms with Crippen LogP contribution in [-0.4, -0.2) is 50.7 Å². The van der Waals surface area contributed by atoms with E-state index in [1.54, 1.807) is 4.90 Å². The molecule has 0 aliphatic carbocycles. The predicted octanol–water partition coefficient (Wildman–Crippen LogP) is 0.800. The fraction of sp³-hybridized carbons (Fsp3) is 0.467. The first kappa shape index (κ1) is 16.7. The molecule has 0 saturated heterocycles. The van der Waals surface area contributed by atoms with E-state index in [4.69, 9.17) is 10.5 Å². The number of carbonyl (C=O) groups excluding carboxylic acids is 1. The van der Waals surface area contributed by atoms with Gasteiger partial charge in [0.05, 0.1) is 6.54 Å². The molecule has 0 radical (unpaired) electrons. The second kappa shape index (κ2) is 7.57. The number of tetrazole rings is 1. The van der Waals surface area contributed by atoms with Crippen LogP contribution in [0.2, 0.25) is 0 Å². The summed E-state index contributed by atoms with van der Waals surface area (Å²) in [6.45, 7) is 7.49. The number of nitrogens with zero attached hydrogens (tertiary/aromatic N) is 5. The molecule has 0 unspecified atom stereocenters. The number of anilines is 1. The van der Waals surface area contributed by atoms with Crippen LogP contribution in [0.15, 0.2) is 18.2 Å². The molecule has 2 aromatic rings. The first-order chi connectivity index (χ1) is 11.0. The zero-order valence-electron chi connectivity index (χ0n) is 13.7. The van der Waals surface area contributed by atoms with Crippen molar-refractivity contribution >= 4 is 11.9 Å². The van der Waals surface area contributed by atoms with Gasteiger partial charge in [-0.2, -0.15) is 0 Å². The Bertz CT molecular complexity index is 649. The van der Waals surface area contributed by atoms with Crippen molar-refractivity contribution in [3.8, 4) is 5.75 Å². The van der Waals surface area contributed by atoms with Crippen molar-refractivity contribution in [1.29, 1.82) is 0 Å². The molecule has 0 bridgehead atoms. The molecule has 23 heavy (non-hydrogen) atoms. The molecule has 2 N–H and O–H groups in total. The molecule has 1 amide bonds. The standard InChI is InChI=1S/C15H22N6O2/c1-4-20(14(22)10-21-15(16)17-18-19-21)5-6-23-13-8-11(2)7-12(3)9-13/h7-9H,4-6,10H2,1-3H3,(H2,16,17,19). The van der Waals surface area contributed by atoms with Crippen LogP contribution < -0.4 is 10.5 Å².